The van der Waals surface area contributed by atoms with E-state index < -0.39 is 6.61 Å². The fourth-order valence-corrected chi connectivity index (χ4v) is 0.888. The molecule has 0 unspecified atom stereocenters. The van der Waals surface area contributed by atoms with Gasteiger partial charge in [0.05, 0.1) is 5.56 Å². The Labute approximate surface area is 73.6 Å². The van der Waals surface area contributed by atoms with Gasteiger partial charge in [0.1, 0.15) is 11.6 Å². The molecule has 1 aromatic carbocycles. The van der Waals surface area contributed by atoms with Gasteiger partial charge in [0.2, 0.25) is 0 Å². The van der Waals surface area contributed by atoms with E-state index in [1.54, 1.807) is 6.07 Å². The number of halogens is 2. The number of nitrogens with one attached hydrogen (secondary N) is 1. The largest absolute Gasteiger partial charge is 0.434 e. The van der Waals surface area contributed by atoms with Gasteiger partial charge in [0.25, 0.3) is 0 Å². The molecule has 5 heteroatoms. The molecule has 0 aliphatic carbocycles. The van der Waals surface area contributed by atoms with Gasteiger partial charge in [0, 0.05) is 0 Å². The van der Waals surface area contributed by atoms with E-state index in [4.69, 9.17) is 11.1 Å². The van der Waals surface area contributed by atoms with E-state index in [0.717, 1.165) is 0 Å². The summed E-state index contributed by atoms with van der Waals surface area (Å²) in [7, 11) is 0. The molecule has 1 aromatic rings. The van der Waals surface area contributed by atoms with Crippen molar-refractivity contribution in [1.82, 2.24) is 0 Å². The molecule has 3 nitrogen and oxygen atoms in total. The molecule has 3 N–H and O–H groups in total. The highest BCUT2D eigenvalue weighted by Crippen LogP contribution is 2.19. The number of para-hydroxylation sites is 1. The van der Waals surface area contributed by atoms with Crippen molar-refractivity contribution in [3.63, 3.8) is 0 Å². The lowest BCUT2D eigenvalue weighted by molar-refractivity contribution is -0.0499. The minimum absolute atomic E-state index is 0.0787. The highest BCUT2D eigenvalue weighted by molar-refractivity contribution is 5.97. The van der Waals surface area contributed by atoms with Crippen LogP contribution in [0.3, 0.4) is 0 Å². The number of rotatable bonds is 3. The smallest absolute Gasteiger partial charge is 0.387 e. The third-order valence-corrected chi connectivity index (χ3v) is 1.39. The molecule has 0 aliphatic rings. The van der Waals surface area contributed by atoms with Crippen LogP contribution in [0.2, 0.25) is 0 Å². The van der Waals surface area contributed by atoms with E-state index in [-0.39, 0.29) is 17.1 Å². The van der Waals surface area contributed by atoms with Crippen molar-refractivity contribution in [3.8, 4) is 5.75 Å². The Morgan fingerprint density at radius 3 is 2.54 bits per heavy atom. The van der Waals surface area contributed by atoms with Gasteiger partial charge in [0.15, 0.2) is 0 Å². The van der Waals surface area contributed by atoms with Gasteiger partial charge < -0.3 is 10.5 Å². The van der Waals surface area contributed by atoms with Gasteiger partial charge in [-0.15, -0.1) is 0 Å². The molecule has 0 radical (unpaired) electrons. The van der Waals surface area contributed by atoms with E-state index in [1.165, 1.54) is 18.2 Å². The first-order chi connectivity index (χ1) is 6.11. The van der Waals surface area contributed by atoms with Gasteiger partial charge >= 0.3 is 6.61 Å². The summed E-state index contributed by atoms with van der Waals surface area (Å²) in [6, 6.07) is 5.90. The molecule has 0 amide bonds. The molecular formula is C8H8F2N2O. The zero-order chi connectivity index (χ0) is 9.84. The van der Waals surface area contributed by atoms with Gasteiger partial charge in [-0.05, 0) is 12.1 Å². The van der Waals surface area contributed by atoms with Crippen molar-refractivity contribution in [1.29, 1.82) is 5.41 Å². The Bertz CT molecular complexity index is 315. The second kappa shape index (κ2) is 3.84. The normalized spacial score (nSPS) is 10.1. The lowest BCUT2D eigenvalue weighted by Crippen LogP contribution is -2.14. The number of amidine groups is 1. The Hall–Kier alpha value is -1.65. The number of benzene rings is 1. The highest BCUT2D eigenvalue weighted by Gasteiger charge is 2.09. The number of alkyl halides is 2. The van der Waals surface area contributed by atoms with Crippen molar-refractivity contribution in [3.05, 3.63) is 29.8 Å². The van der Waals surface area contributed by atoms with Crippen LogP contribution in [0, 0.1) is 5.41 Å². The van der Waals surface area contributed by atoms with Crippen molar-refractivity contribution in [2.24, 2.45) is 5.73 Å². The molecule has 0 bridgehead atoms. The standard InChI is InChI=1S/C8H8F2N2O/c9-8(10)13-6-4-2-1-3-5(6)7(11)12/h1-4,8H,(H3,11,12). The van der Waals surface area contributed by atoms with Crippen LogP contribution in [0.15, 0.2) is 24.3 Å². The fraction of sp³-hybridized carbons (Fsp3) is 0.125. The maximum atomic E-state index is 11.8. The molecule has 0 aliphatic heterocycles. The first kappa shape index (κ1) is 9.44. The third kappa shape index (κ3) is 2.40. The summed E-state index contributed by atoms with van der Waals surface area (Å²) in [5, 5.41) is 7.07. The average molecular weight is 186 g/mol. The zero-order valence-corrected chi connectivity index (χ0v) is 6.63. The molecule has 0 saturated carbocycles. The number of nitrogen functional groups attached to an aromatic ring is 1. The fourth-order valence-electron chi connectivity index (χ4n) is 0.888. The van der Waals surface area contributed by atoms with Gasteiger partial charge in [-0.25, -0.2) is 0 Å². The van der Waals surface area contributed by atoms with Crippen LogP contribution < -0.4 is 10.5 Å². The predicted molar refractivity (Wildman–Crippen MR) is 44.1 cm³/mol. The molecule has 0 saturated heterocycles. The highest BCUT2D eigenvalue weighted by atomic mass is 19.3. The number of hydrogen-bond acceptors (Lipinski definition) is 2. The van der Waals surface area contributed by atoms with E-state index >= 15 is 0 Å². The van der Waals surface area contributed by atoms with Crippen molar-refractivity contribution >= 4 is 5.84 Å². The molecule has 0 heterocycles. The van der Waals surface area contributed by atoms with Crippen LogP contribution in [0.1, 0.15) is 5.56 Å². The summed E-state index contributed by atoms with van der Waals surface area (Å²) in [6.45, 7) is -2.90. The van der Waals surface area contributed by atoms with E-state index in [9.17, 15) is 8.78 Å². The van der Waals surface area contributed by atoms with Crippen molar-refractivity contribution in [2.75, 3.05) is 0 Å². The molecule has 13 heavy (non-hydrogen) atoms. The summed E-state index contributed by atoms with van der Waals surface area (Å²) >= 11 is 0. The van der Waals surface area contributed by atoms with Crippen LogP contribution in [-0.2, 0) is 0 Å². The Morgan fingerprint density at radius 2 is 2.00 bits per heavy atom. The Morgan fingerprint density at radius 1 is 1.38 bits per heavy atom. The first-order valence-corrected chi connectivity index (χ1v) is 3.49. The second-order valence-electron chi connectivity index (χ2n) is 2.29. The molecular weight excluding hydrogens is 178 g/mol. The van der Waals surface area contributed by atoms with Crippen LogP contribution in [0.25, 0.3) is 0 Å². The predicted octanol–water partition coefficient (Wildman–Crippen LogP) is 1.57. The van der Waals surface area contributed by atoms with Gasteiger partial charge in [-0.1, -0.05) is 12.1 Å². The van der Waals surface area contributed by atoms with E-state index in [2.05, 4.69) is 4.74 Å². The maximum absolute atomic E-state index is 11.8. The number of hydrogen-bond donors (Lipinski definition) is 2. The van der Waals surface area contributed by atoms with Gasteiger partial charge in [-0.3, -0.25) is 5.41 Å². The molecule has 0 atom stereocenters. The van der Waals surface area contributed by atoms with Crippen LogP contribution in [-0.4, -0.2) is 12.4 Å². The topological polar surface area (TPSA) is 59.1 Å². The first-order valence-electron chi connectivity index (χ1n) is 3.49. The molecule has 70 valence electrons. The summed E-state index contributed by atoms with van der Waals surface area (Å²) < 4.78 is 27.8. The molecule has 1 rings (SSSR count). The monoisotopic (exact) mass is 186 g/mol. The lowest BCUT2D eigenvalue weighted by atomic mass is 10.2. The van der Waals surface area contributed by atoms with Gasteiger partial charge in [-0.2, -0.15) is 8.78 Å². The quantitative estimate of drug-likeness (QED) is 0.556. The average Bonchev–Trinajstić information content (AvgIpc) is 2.03. The SMILES string of the molecule is N=C(N)c1ccccc1OC(F)F. The zero-order valence-electron chi connectivity index (χ0n) is 6.63. The van der Waals surface area contributed by atoms with Crippen LogP contribution >= 0.6 is 0 Å². The summed E-state index contributed by atoms with van der Waals surface area (Å²) in [5.74, 6) is -0.374. The summed E-state index contributed by atoms with van der Waals surface area (Å²) in [5.41, 5.74) is 5.32. The lowest BCUT2D eigenvalue weighted by Gasteiger charge is -2.08. The minimum atomic E-state index is -2.90. The third-order valence-electron chi connectivity index (χ3n) is 1.39. The number of nitrogens with two attached hydrogens (primary N) is 1. The molecule has 0 spiro atoms. The van der Waals surface area contributed by atoms with Crippen molar-refractivity contribution < 1.29 is 13.5 Å². The molecule has 0 aromatic heterocycles. The summed E-state index contributed by atoms with van der Waals surface area (Å²) in [4.78, 5) is 0. The number of ether oxygens (including phenoxy) is 1. The van der Waals surface area contributed by atoms with E-state index in [1.807, 2.05) is 0 Å². The van der Waals surface area contributed by atoms with E-state index in [0.29, 0.717) is 0 Å². The maximum Gasteiger partial charge on any atom is 0.387 e. The van der Waals surface area contributed by atoms with Crippen LogP contribution in [0.4, 0.5) is 8.78 Å². The Kier molecular flexibility index (Phi) is 2.79. The minimum Gasteiger partial charge on any atom is -0.434 e. The Balaban J connectivity index is 2.98. The second-order valence-corrected chi connectivity index (χ2v) is 2.29. The van der Waals surface area contributed by atoms with Crippen LogP contribution in [0.5, 0.6) is 5.75 Å². The molecule has 0 fully saturated rings. The summed E-state index contributed by atoms with van der Waals surface area (Å²) in [6.07, 6.45) is 0. The van der Waals surface area contributed by atoms with Crippen molar-refractivity contribution in [2.45, 2.75) is 6.61 Å².